The van der Waals surface area contributed by atoms with Gasteiger partial charge in [0.15, 0.2) is 0 Å². The number of alkyl carbamates (subject to hydrolysis) is 1. The van der Waals surface area contributed by atoms with E-state index in [9.17, 15) is 9.59 Å². The third kappa shape index (κ3) is 4.08. The maximum Gasteiger partial charge on any atom is 0.407 e. The third-order valence-corrected chi connectivity index (χ3v) is 2.41. The fourth-order valence-electron chi connectivity index (χ4n) is 1.53. The molecule has 0 aliphatic rings. The lowest BCUT2D eigenvalue weighted by atomic mass is 10.1. The van der Waals surface area contributed by atoms with Crippen LogP contribution in [0.2, 0.25) is 0 Å². The first kappa shape index (κ1) is 14.0. The summed E-state index contributed by atoms with van der Waals surface area (Å²) in [4.78, 5) is 22.7. The van der Waals surface area contributed by atoms with Gasteiger partial charge in [0.1, 0.15) is 6.54 Å². The van der Waals surface area contributed by atoms with Crippen LogP contribution in [-0.2, 0) is 9.53 Å². The van der Waals surface area contributed by atoms with Crippen LogP contribution in [0.15, 0.2) is 18.2 Å². The number of rotatable bonds is 4. The Labute approximate surface area is 107 Å². The van der Waals surface area contributed by atoms with Crippen LogP contribution < -0.4 is 10.6 Å². The van der Waals surface area contributed by atoms with Gasteiger partial charge in [-0.1, -0.05) is 18.2 Å². The molecule has 5 nitrogen and oxygen atoms in total. The summed E-state index contributed by atoms with van der Waals surface area (Å²) in [5, 5.41) is 5.14. The molecule has 0 unspecified atom stereocenters. The molecule has 5 heteroatoms. The molecule has 0 atom stereocenters. The zero-order valence-electron chi connectivity index (χ0n) is 10.9. The summed E-state index contributed by atoms with van der Waals surface area (Å²) in [6.45, 7) is 5.72. The van der Waals surface area contributed by atoms with Crippen molar-refractivity contribution in [2.24, 2.45) is 0 Å². The molecule has 2 amide bonds. The van der Waals surface area contributed by atoms with Crippen LogP contribution in [0.25, 0.3) is 0 Å². The Balaban J connectivity index is 2.52. The number of carbonyl (C=O) groups excluding carboxylic acids is 2. The highest BCUT2D eigenvalue weighted by Crippen LogP contribution is 2.18. The van der Waals surface area contributed by atoms with Crippen molar-refractivity contribution in [3.63, 3.8) is 0 Å². The fourth-order valence-corrected chi connectivity index (χ4v) is 1.53. The maximum absolute atomic E-state index is 11.6. The molecule has 0 aromatic heterocycles. The molecule has 98 valence electrons. The molecule has 0 spiro atoms. The van der Waals surface area contributed by atoms with Gasteiger partial charge in [-0.25, -0.2) is 4.79 Å². The van der Waals surface area contributed by atoms with Crippen molar-refractivity contribution in [3.8, 4) is 0 Å². The zero-order chi connectivity index (χ0) is 13.5. The summed E-state index contributed by atoms with van der Waals surface area (Å²) in [6, 6.07) is 5.76. The molecule has 0 saturated heterocycles. The normalized spacial score (nSPS) is 9.72. The van der Waals surface area contributed by atoms with Crippen LogP contribution in [0.4, 0.5) is 10.5 Å². The average molecular weight is 250 g/mol. The maximum atomic E-state index is 11.6. The van der Waals surface area contributed by atoms with E-state index in [1.165, 1.54) is 0 Å². The Morgan fingerprint density at radius 2 is 1.83 bits per heavy atom. The highest BCUT2D eigenvalue weighted by Gasteiger charge is 2.08. The Morgan fingerprint density at radius 3 is 2.39 bits per heavy atom. The average Bonchev–Trinajstić information content (AvgIpc) is 2.32. The number of ether oxygens (including phenoxy) is 1. The summed E-state index contributed by atoms with van der Waals surface area (Å²) in [7, 11) is 0. The molecule has 0 aliphatic carbocycles. The Kier molecular flexibility index (Phi) is 5.17. The van der Waals surface area contributed by atoms with Crippen LogP contribution in [0.3, 0.4) is 0 Å². The highest BCUT2D eigenvalue weighted by atomic mass is 16.5. The van der Waals surface area contributed by atoms with E-state index < -0.39 is 6.09 Å². The lowest BCUT2D eigenvalue weighted by molar-refractivity contribution is -0.115. The van der Waals surface area contributed by atoms with E-state index in [2.05, 4.69) is 15.4 Å². The van der Waals surface area contributed by atoms with Crippen LogP contribution in [0, 0.1) is 13.8 Å². The minimum absolute atomic E-state index is 0.105. The van der Waals surface area contributed by atoms with Gasteiger partial charge in [0, 0.05) is 5.69 Å². The van der Waals surface area contributed by atoms with Gasteiger partial charge < -0.3 is 15.4 Å². The van der Waals surface area contributed by atoms with Crippen molar-refractivity contribution >= 4 is 17.7 Å². The van der Waals surface area contributed by atoms with Crippen molar-refractivity contribution in [2.45, 2.75) is 20.8 Å². The van der Waals surface area contributed by atoms with E-state index in [0.717, 1.165) is 16.8 Å². The van der Waals surface area contributed by atoms with Gasteiger partial charge in [-0.2, -0.15) is 0 Å². The van der Waals surface area contributed by atoms with Gasteiger partial charge in [0.2, 0.25) is 5.91 Å². The van der Waals surface area contributed by atoms with E-state index in [1.54, 1.807) is 6.92 Å². The number of para-hydroxylation sites is 1. The molecule has 1 aromatic carbocycles. The van der Waals surface area contributed by atoms with Gasteiger partial charge in [0.05, 0.1) is 6.61 Å². The molecule has 1 aromatic rings. The second kappa shape index (κ2) is 6.64. The van der Waals surface area contributed by atoms with Crippen molar-refractivity contribution in [2.75, 3.05) is 18.5 Å². The highest BCUT2D eigenvalue weighted by molar-refractivity contribution is 5.95. The first-order valence-corrected chi connectivity index (χ1v) is 5.81. The SMILES string of the molecule is CCOC(=O)NCC(=O)Nc1c(C)cccc1C. The smallest absolute Gasteiger partial charge is 0.407 e. The van der Waals surface area contributed by atoms with Crippen LogP contribution in [0.1, 0.15) is 18.1 Å². The molecule has 1 rings (SSSR count). The summed E-state index contributed by atoms with van der Waals surface area (Å²) in [6.07, 6.45) is -0.589. The molecular weight excluding hydrogens is 232 g/mol. The lowest BCUT2D eigenvalue weighted by Gasteiger charge is -2.11. The topological polar surface area (TPSA) is 67.4 Å². The third-order valence-electron chi connectivity index (χ3n) is 2.41. The van der Waals surface area contributed by atoms with Crippen molar-refractivity contribution in [1.29, 1.82) is 0 Å². The quantitative estimate of drug-likeness (QED) is 0.858. The van der Waals surface area contributed by atoms with Crippen LogP contribution in [-0.4, -0.2) is 25.2 Å². The summed E-state index contributed by atoms with van der Waals surface area (Å²) >= 11 is 0. The number of anilines is 1. The summed E-state index contributed by atoms with van der Waals surface area (Å²) < 4.78 is 4.66. The van der Waals surface area contributed by atoms with Crippen molar-refractivity contribution in [3.05, 3.63) is 29.3 Å². The van der Waals surface area contributed by atoms with E-state index in [0.29, 0.717) is 0 Å². The first-order chi connectivity index (χ1) is 8.54. The van der Waals surface area contributed by atoms with Crippen molar-refractivity contribution < 1.29 is 14.3 Å². The van der Waals surface area contributed by atoms with Crippen LogP contribution in [0.5, 0.6) is 0 Å². The van der Waals surface area contributed by atoms with Gasteiger partial charge in [-0.15, -0.1) is 0 Å². The van der Waals surface area contributed by atoms with Gasteiger partial charge in [0.25, 0.3) is 0 Å². The minimum atomic E-state index is -0.589. The molecule has 18 heavy (non-hydrogen) atoms. The Bertz CT molecular complexity index is 424. The van der Waals surface area contributed by atoms with E-state index in [-0.39, 0.29) is 19.1 Å². The number of hydrogen-bond acceptors (Lipinski definition) is 3. The van der Waals surface area contributed by atoms with Crippen molar-refractivity contribution in [1.82, 2.24) is 5.32 Å². The second-order valence-corrected chi connectivity index (χ2v) is 3.89. The predicted molar refractivity (Wildman–Crippen MR) is 69.6 cm³/mol. The molecular formula is C13H18N2O3. The molecule has 0 aliphatic heterocycles. The fraction of sp³-hybridized carbons (Fsp3) is 0.385. The largest absolute Gasteiger partial charge is 0.450 e. The summed E-state index contributed by atoms with van der Waals surface area (Å²) in [5.41, 5.74) is 2.76. The lowest BCUT2D eigenvalue weighted by Crippen LogP contribution is -2.33. The van der Waals surface area contributed by atoms with E-state index >= 15 is 0 Å². The first-order valence-electron chi connectivity index (χ1n) is 5.81. The number of hydrogen-bond donors (Lipinski definition) is 2. The van der Waals surface area contributed by atoms with E-state index in [4.69, 9.17) is 0 Å². The van der Waals surface area contributed by atoms with E-state index in [1.807, 2.05) is 32.0 Å². The number of amides is 2. The monoisotopic (exact) mass is 250 g/mol. The number of carbonyl (C=O) groups is 2. The minimum Gasteiger partial charge on any atom is -0.450 e. The predicted octanol–water partition coefficient (Wildman–Crippen LogP) is 1.99. The number of aryl methyl sites for hydroxylation is 2. The number of nitrogens with one attached hydrogen (secondary N) is 2. The van der Waals surface area contributed by atoms with Crippen LogP contribution >= 0.6 is 0 Å². The van der Waals surface area contributed by atoms with Gasteiger partial charge in [-0.3, -0.25) is 4.79 Å². The molecule has 0 bridgehead atoms. The Hall–Kier alpha value is -2.04. The molecule has 0 fully saturated rings. The molecule has 2 N–H and O–H groups in total. The molecule has 0 heterocycles. The number of benzene rings is 1. The molecule has 0 saturated carbocycles. The molecule has 0 radical (unpaired) electrons. The van der Waals surface area contributed by atoms with Gasteiger partial charge >= 0.3 is 6.09 Å². The summed E-state index contributed by atoms with van der Waals surface area (Å²) in [5.74, 6) is -0.277. The Morgan fingerprint density at radius 1 is 1.22 bits per heavy atom. The zero-order valence-corrected chi connectivity index (χ0v) is 10.9. The van der Waals surface area contributed by atoms with Gasteiger partial charge in [-0.05, 0) is 31.9 Å². The second-order valence-electron chi connectivity index (χ2n) is 3.89. The standard InChI is InChI=1S/C13H18N2O3/c1-4-18-13(17)14-8-11(16)15-12-9(2)6-5-7-10(12)3/h5-7H,4,8H2,1-3H3,(H,14,17)(H,15,16).